The van der Waals surface area contributed by atoms with Crippen LogP contribution < -0.4 is 5.73 Å². The van der Waals surface area contributed by atoms with E-state index in [0.29, 0.717) is 17.7 Å². The second-order valence-corrected chi connectivity index (χ2v) is 5.50. The zero-order chi connectivity index (χ0) is 12.7. The van der Waals surface area contributed by atoms with E-state index in [1.165, 1.54) is 25.7 Å². The summed E-state index contributed by atoms with van der Waals surface area (Å²) >= 11 is 0. The van der Waals surface area contributed by atoms with Crippen LogP contribution in [0.5, 0.6) is 0 Å². The van der Waals surface area contributed by atoms with Gasteiger partial charge in [-0.3, -0.25) is 4.79 Å². The Bertz CT molecular complexity index is 222. The molecule has 100 valence electrons. The Morgan fingerprint density at radius 2 is 1.82 bits per heavy atom. The zero-order valence-corrected chi connectivity index (χ0v) is 11.5. The first kappa shape index (κ1) is 14.5. The number of unbranched alkanes of at least 4 members (excludes halogenated alkanes) is 1. The molecule has 0 spiro atoms. The number of hydrogen-bond donors (Lipinski definition) is 1. The molecular weight excluding hydrogens is 212 g/mol. The molecule has 1 amide bonds. The molecule has 2 N–H and O–H groups in total. The first-order valence-corrected chi connectivity index (χ1v) is 7.11. The van der Waals surface area contributed by atoms with Crippen molar-refractivity contribution in [3.8, 4) is 0 Å². The lowest BCUT2D eigenvalue weighted by Gasteiger charge is -2.28. The van der Waals surface area contributed by atoms with Crippen molar-refractivity contribution in [1.82, 2.24) is 4.90 Å². The van der Waals surface area contributed by atoms with Crippen molar-refractivity contribution in [2.45, 2.75) is 51.9 Å². The molecular formula is C14H28N2O. The molecule has 0 radical (unpaired) electrons. The minimum atomic E-state index is 0.328. The van der Waals surface area contributed by atoms with Crippen LogP contribution in [0.25, 0.3) is 0 Å². The van der Waals surface area contributed by atoms with E-state index in [0.717, 1.165) is 32.4 Å². The van der Waals surface area contributed by atoms with E-state index < -0.39 is 0 Å². The average Bonchev–Trinajstić information content (AvgIpc) is 2.36. The Kier molecular flexibility index (Phi) is 6.56. The van der Waals surface area contributed by atoms with Crippen LogP contribution in [0.3, 0.4) is 0 Å². The maximum atomic E-state index is 12.0. The van der Waals surface area contributed by atoms with Gasteiger partial charge in [-0.25, -0.2) is 0 Å². The fraction of sp³-hybridized carbons (Fsp3) is 0.929. The Labute approximate surface area is 106 Å². The maximum absolute atomic E-state index is 12.0. The Balaban J connectivity index is 2.22. The van der Waals surface area contributed by atoms with Gasteiger partial charge in [0.05, 0.1) is 0 Å². The highest BCUT2D eigenvalue weighted by Crippen LogP contribution is 2.30. The lowest BCUT2D eigenvalue weighted by Crippen LogP contribution is -2.31. The van der Waals surface area contributed by atoms with Gasteiger partial charge in [-0.15, -0.1) is 0 Å². The van der Waals surface area contributed by atoms with Crippen molar-refractivity contribution in [1.29, 1.82) is 0 Å². The smallest absolute Gasteiger partial charge is 0.222 e. The first-order chi connectivity index (χ1) is 8.17. The molecule has 0 atom stereocenters. The molecule has 0 saturated heterocycles. The van der Waals surface area contributed by atoms with Crippen molar-refractivity contribution < 1.29 is 4.79 Å². The van der Waals surface area contributed by atoms with E-state index in [1.54, 1.807) is 0 Å². The van der Waals surface area contributed by atoms with E-state index in [-0.39, 0.29) is 0 Å². The van der Waals surface area contributed by atoms with E-state index in [1.807, 2.05) is 11.9 Å². The van der Waals surface area contributed by atoms with E-state index >= 15 is 0 Å². The van der Waals surface area contributed by atoms with Crippen LogP contribution in [-0.4, -0.2) is 30.9 Å². The summed E-state index contributed by atoms with van der Waals surface area (Å²) in [5, 5.41) is 0. The molecule has 3 nitrogen and oxygen atoms in total. The standard InChI is InChI=1S/C14H28N2O/c1-3-4-9-16(2)14(17)10-12-5-7-13(11-15)8-6-12/h12-13H,3-11,15H2,1-2H3. The first-order valence-electron chi connectivity index (χ1n) is 7.11. The molecule has 1 saturated carbocycles. The van der Waals surface area contributed by atoms with Crippen LogP contribution in [0.1, 0.15) is 51.9 Å². The molecule has 0 heterocycles. The van der Waals surface area contributed by atoms with Gasteiger partial charge in [0.25, 0.3) is 0 Å². The van der Waals surface area contributed by atoms with Gasteiger partial charge >= 0.3 is 0 Å². The number of carbonyl (C=O) groups is 1. The number of nitrogens with zero attached hydrogens (tertiary/aromatic N) is 1. The van der Waals surface area contributed by atoms with Crippen LogP contribution in [0.2, 0.25) is 0 Å². The van der Waals surface area contributed by atoms with Crippen LogP contribution in [0, 0.1) is 11.8 Å². The van der Waals surface area contributed by atoms with Crippen molar-refractivity contribution in [3.05, 3.63) is 0 Å². The topological polar surface area (TPSA) is 46.3 Å². The average molecular weight is 240 g/mol. The van der Waals surface area contributed by atoms with Gasteiger partial charge in [0.15, 0.2) is 0 Å². The molecule has 1 aliphatic rings. The number of carbonyl (C=O) groups excluding carboxylic acids is 1. The van der Waals surface area contributed by atoms with Crippen molar-refractivity contribution in [3.63, 3.8) is 0 Å². The van der Waals surface area contributed by atoms with Gasteiger partial charge in [-0.1, -0.05) is 13.3 Å². The zero-order valence-electron chi connectivity index (χ0n) is 11.5. The van der Waals surface area contributed by atoms with E-state index in [9.17, 15) is 4.79 Å². The quantitative estimate of drug-likeness (QED) is 0.775. The number of amides is 1. The molecule has 1 rings (SSSR count). The second kappa shape index (κ2) is 7.70. The Hall–Kier alpha value is -0.570. The van der Waals surface area contributed by atoms with E-state index in [4.69, 9.17) is 5.73 Å². The van der Waals surface area contributed by atoms with Crippen molar-refractivity contribution in [2.75, 3.05) is 20.1 Å². The largest absolute Gasteiger partial charge is 0.346 e. The molecule has 0 aromatic carbocycles. The lowest BCUT2D eigenvalue weighted by atomic mass is 9.80. The fourth-order valence-corrected chi connectivity index (χ4v) is 2.59. The van der Waals surface area contributed by atoms with Gasteiger partial charge in [-0.2, -0.15) is 0 Å². The summed E-state index contributed by atoms with van der Waals surface area (Å²) < 4.78 is 0. The summed E-state index contributed by atoms with van der Waals surface area (Å²) in [6.45, 7) is 3.89. The molecule has 3 heteroatoms. The summed E-state index contributed by atoms with van der Waals surface area (Å²) in [4.78, 5) is 13.9. The number of hydrogen-bond acceptors (Lipinski definition) is 2. The fourth-order valence-electron chi connectivity index (χ4n) is 2.59. The van der Waals surface area contributed by atoms with E-state index in [2.05, 4.69) is 6.92 Å². The van der Waals surface area contributed by atoms with Gasteiger partial charge in [0, 0.05) is 20.0 Å². The van der Waals surface area contributed by atoms with Crippen molar-refractivity contribution >= 4 is 5.91 Å². The van der Waals surface area contributed by atoms with Crippen LogP contribution in [0.4, 0.5) is 0 Å². The Morgan fingerprint density at radius 3 is 2.35 bits per heavy atom. The van der Waals surface area contributed by atoms with Gasteiger partial charge < -0.3 is 10.6 Å². The van der Waals surface area contributed by atoms with Gasteiger partial charge in [-0.05, 0) is 50.5 Å². The minimum absolute atomic E-state index is 0.328. The molecule has 1 aliphatic carbocycles. The molecule has 0 unspecified atom stereocenters. The minimum Gasteiger partial charge on any atom is -0.346 e. The third-order valence-corrected chi connectivity index (χ3v) is 4.04. The third kappa shape index (κ3) is 5.07. The highest BCUT2D eigenvalue weighted by atomic mass is 16.2. The van der Waals surface area contributed by atoms with Crippen LogP contribution >= 0.6 is 0 Å². The number of rotatable bonds is 6. The Morgan fingerprint density at radius 1 is 1.24 bits per heavy atom. The second-order valence-electron chi connectivity index (χ2n) is 5.50. The van der Waals surface area contributed by atoms with Crippen LogP contribution in [-0.2, 0) is 4.79 Å². The predicted octanol–water partition coefficient (Wildman–Crippen LogP) is 2.40. The molecule has 0 aromatic rings. The van der Waals surface area contributed by atoms with Gasteiger partial charge in [0.2, 0.25) is 5.91 Å². The maximum Gasteiger partial charge on any atom is 0.222 e. The van der Waals surface area contributed by atoms with Crippen LogP contribution in [0.15, 0.2) is 0 Å². The SMILES string of the molecule is CCCCN(C)C(=O)CC1CCC(CN)CC1. The molecule has 0 aromatic heterocycles. The molecule has 1 fully saturated rings. The third-order valence-electron chi connectivity index (χ3n) is 4.04. The lowest BCUT2D eigenvalue weighted by molar-refractivity contribution is -0.131. The normalized spacial score (nSPS) is 24.6. The summed E-state index contributed by atoms with van der Waals surface area (Å²) in [6.07, 6.45) is 7.82. The number of nitrogens with two attached hydrogens (primary N) is 1. The molecule has 0 bridgehead atoms. The highest BCUT2D eigenvalue weighted by Gasteiger charge is 2.23. The van der Waals surface area contributed by atoms with Crippen molar-refractivity contribution in [2.24, 2.45) is 17.6 Å². The summed E-state index contributed by atoms with van der Waals surface area (Å²) in [5.74, 6) is 1.64. The summed E-state index contributed by atoms with van der Waals surface area (Å²) in [6, 6.07) is 0. The molecule has 17 heavy (non-hydrogen) atoms. The predicted molar refractivity (Wildman–Crippen MR) is 71.7 cm³/mol. The highest BCUT2D eigenvalue weighted by molar-refractivity contribution is 5.76. The summed E-state index contributed by atoms with van der Waals surface area (Å²) in [7, 11) is 1.93. The monoisotopic (exact) mass is 240 g/mol. The summed E-state index contributed by atoms with van der Waals surface area (Å²) in [5.41, 5.74) is 5.68. The molecule has 0 aliphatic heterocycles. The van der Waals surface area contributed by atoms with Gasteiger partial charge in [0.1, 0.15) is 0 Å².